The van der Waals surface area contributed by atoms with Crippen LogP contribution < -0.4 is 8.92 Å². The second-order valence-corrected chi connectivity index (χ2v) is 9.01. The van der Waals surface area contributed by atoms with E-state index < -0.39 is 15.9 Å². The summed E-state index contributed by atoms with van der Waals surface area (Å²) >= 11 is 0. The third-order valence-electron chi connectivity index (χ3n) is 5.04. The molecule has 9 heteroatoms. The van der Waals surface area contributed by atoms with Crippen molar-refractivity contribution in [2.75, 3.05) is 27.4 Å². The van der Waals surface area contributed by atoms with Gasteiger partial charge in [0, 0.05) is 20.2 Å². The Labute approximate surface area is 198 Å². The molecule has 0 aliphatic heterocycles. The molecule has 0 unspecified atom stereocenters. The number of hydrogen-bond acceptors (Lipinski definition) is 6. The van der Waals surface area contributed by atoms with Crippen LogP contribution in [0.4, 0.5) is 4.39 Å². The summed E-state index contributed by atoms with van der Waals surface area (Å²) in [4.78, 5) is 14.5. The highest BCUT2D eigenvalue weighted by Crippen LogP contribution is 2.20. The van der Waals surface area contributed by atoms with Crippen molar-refractivity contribution in [2.24, 2.45) is 0 Å². The zero-order valence-electron chi connectivity index (χ0n) is 18.9. The summed E-state index contributed by atoms with van der Waals surface area (Å²) in [5.41, 5.74) is 1.66. The van der Waals surface area contributed by atoms with Crippen molar-refractivity contribution >= 4 is 16.0 Å². The molecule has 0 aliphatic carbocycles. The van der Waals surface area contributed by atoms with Crippen LogP contribution in [-0.2, 0) is 32.6 Å². The van der Waals surface area contributed by atoms with Crippen LogP contribution in [0.5, 0.6) is 11.5 Å². The molecule has 3 aromatic rings. The van der Waals surface area contributed by atoms with Crippen LogP contribution in [-0.4, -0.2) is 46.6 Å². The van der Waals surface area contributed by atoms with Crippen LogP contribution in [0.1, 0.15) is 11.1 Å². The van der Waals surface area contributed by atoms with E-state index in [4.69, 9.17) is 13.7 Å². The Kier molecular flexibility index (Phi) is 8.61. The predicted octanol–water partition coefficient (Wildman–Crippen LogP) is 3.82. The van der Waals surface area contributed by atoms with E-state index in [9.17, 15) is 17.6 Å². The number of carbonyl (C=O) groups excluding carboxylic acids is 1. The summed E-state index contributed by atoms with van der Waals surface area (Å²) in [5.74, 6) is 0.224. The van der Waals surface area contributed by atoms with Crippen molar-refractivity contribution < 1.29 is 31.3 Å². The lowest BCUT2D eigenvalue weighted by molar-refractivity contribution is -0.131. The number of rotatable bonds is 11. The molecule has 0 saturated carbocycles. The molecule has 1 amide bonds. The van der Waals surface area contributed by atoms with E-state index >= 15 is 0 Å². The van der Waals surface area contributed by atoms with Gasteiger partial charge >= 0.3 is 10.1 Å². The standard InChI is InChI=1S/C25H26FNO6S/c1-31-16-15-27(25(28)17-19-3-9-22(32-2)10-4-19)18-20-5-11-23(12-6-20)33-34(29,30)24-13-7-21(26)8-14-24/h3-14H,15-18H2,1-2H3. The van der Waals surface area contributed by atoms with Crippen LogP contribution in [0.3, 0.4) is 0 Å². The zero-order chi connectivity index (χ0) is 24.6. The molecule has 0 bridgehead atoms. The molecule has 34 heavy (non-hydrogen) atoms. The molecule has 3 aromatic carbocycles. The fraction of sp³-hybridized carbons (Fsp3) is 0.240. The molecule has 0 spiro atoms. The van der Waals surface area contributed by atoms with Gasteiger partial charge in [-0.3, -0.25) is 4.79 Å². The van der Waals surface area contributed by atoms with Crippen LogP contribution in [0.25, 0.3) is 0 Å². The van der Waals surface area contributed by atoms with Gasteiger partial charge in [0.1, 0.15) is 22.2 Å². The molecule has 0 aliphatic rings. The maximum atomic E-state index is 13.1. The summed E-state index contributed by atoms with van der Waals surface area (Å²) in [6.07, 6.45) is 0.227. The minimum atomic E-state index is -4.09. The predicted molar refractivity (Wildman–Crippen MR) is 125 cm³/mol. The van der Waals surface area contributed by atoms with Gasteiger partial charge in [-0.25, -0.2) is 4.39 Å². The number of amides is 1. The van der Waals surface area contributed by atoms with Gasteiger partial charge in [0.15, 0.2) is 0 Å². The summed E-state index contributed by atoms with van der Waals surface area (Å²) in [5, 5.41) is 0. The highest BCUT2D eigenvalue weighted by molar-refractivity contribution is 7.87. The SMILES string of the molecule is COCCN(Cc1ccc(OS(=O)(=O)c2ccc(F)cc2)cc1)C(=O)Cc1ccc(OC)cc1. The fourth-order valence-electron chi connectivity index (χ4n) is 3.17. The van der Waals surface area contributed by atoms with Crippen molar-refractivity contribution in [3.05, 3.63) is 89.7 Å². The van der Waals surface area contributed by atoms with Gasteiger partial charge in [-0.15, -0.1) is 0 Å². The summed E-state index contributed by atoms with van der Waals surface area (Å²) in [6, 6.07) is 18.1. The van der Waals surface area contributed by atoms with Crippen molar-refractivity contribution in [3.63, 3.8) is 0 Å². The molecule has 7 nitrogen and oxygen atoms in total. The zero-order valence-corrected chi connectivity index (χ0v) is 19.8. The summed E-state index contributed by atoms with van der Waals surface area (Å²) < 4.78 is 53.2. The highest BCUT2D eigenvalue weighted by Gasteiger charge is 2.18. The first-order chi connectivity index (χ1) is 16.3. The Bertz CT molecular complexity index is 1180. The normalized spacial score (nSPS) is 11.1. The van der Waals surface area contributed by atoms with E-state index in [-0.39, 0.29) is 23.0 Å². The van der Waals surface area contributed by atoms with Crippen molar-refractivity contribution in [1.29, 1.82) is 0 Å². The van der Waals surface area contributed by atoms with Gasteiger partial charge < -0.3 is 18.6 Å². The van der Waals surface area contributed by atoms with E-state index in [1.807, 2.05) is 12.1 Å². The van der Waals surface area contributed by atoms with Gasteiger partial charge in [-0.1, -0.05) is 24.3 Å². The molecule has 0 saturated heterocycles. The smallest absolute Gasteiger partial charge is 0.339 e. The Morgan fingerprint density at radius 1 is 0.853 bits per heavy atom. The topological polar surface area (TPSA) is 82.1 Å². The lowest BCUT2D eigenvalue weighted by Gasteiger charge is -2.23. The lowest BCUT2D eigenvalue weighted by Crippen LogP contribution is -2.34. The Balaban J connectivity index is 1.66. The second-order valence-electron chi connectivity index (χ2n) is 7.47. The van der Waals surface area contributed by atoms with Crippen molar-refractivity contribution in [1.82, 2.24) is 4.90 Å². The number of hydrogen-bond donors (Lipinski definition) is 0. The molecule has 0 N–H and O–H groups in total. The Morgan fingerprint density at radius 2 is 1.44 bits per heavy atom. The second kappa shape index (κ2) is 11.6. The molecular formula is C25H26FNO6S. The Morgan fingerprint density at radius 3 is 2.03 bits per heavy atom. The number of nitrogens with zero attached hydrogens (tertiary/aromatic N) is 1. The number of methoxy groups -OCH3 is 2. The maximum Gasteiger partial charge on any atom is 0.339 e. The molecule has 0 fully saturated rings. The fourth-order valence-corrected chi connectivity index (χ4v) is 4.10. The first-order valence-electron chi connectivity index (χ1n) is 10.5. The van der Waals surface area contributed by atoms with Crippen molar-refractivity contribution in [3.8, 4) is 11.5 Å². The van der Waals surface area contributed by atoms with Gasteiger partial charge in [-0.05, 0) is 59.7 Å². The van der Waals surface area contributed by atoms with Gasteiger partial charge in [0.2, 0.25) is 5.91 Å². The maximum absolute atomic E-state index is 13.1. The number of ether oxygens (including phenoxy) is 2. The molecule has 0 radical (unpaired) electrons. The molecule has 0 aromatic heterocycles. The minimum absolute atomic E-state index is 0.0681. The summed E-state index contributed by atoms with van der Waals surface area (Å²) in [7, 11) is -0.934. The largest absolute Gasteiger partial charge is 0.497 e. The first kappa shape index (κ1) is 25.2. The number of halogens is 1. The van der Waals surface area contributed by atoms with Gasteiger partial charge in [-0.2, -0.15) is 8.42 Å². The third kappa shape index (κ3) is 7.03. The van der Waals surface area contributed by atoms with Crippen LogP contribution in [0.15, 0.2) is 77.7 Å². The van der Waals surface area contributed by atoms with E-state index in [2.05, 4.69) is 0 Å². The molecule has 180 valence electrons. The van der Waals surface area contributed by atoms with E-state index in [0.29, 0.717) is 19.7 Å². The Hall–Kier alpha value is -3.43. The third-order valence-corrected chi connectivity index (χ3v) is 6.30. The molecule has 0 heterocycles. The van der Waals surface area contributed by atoms with Crippen LogP contribution in [0.2, 0.25) is 0 Å². The van der Waals surface area contributed by atoms with Gasteiger partial charge in [0.05, 0.1) is 20.1 Å². The van der Waals surface area contributed by atoms with Crippen LogP contribution in [0, 0.1) is 5.82 Å². The number of benzene rings is 3. The average molecular weight is 488 g/mol. The molecular weight excluding hydrogens is 461 g/mol. The van der Waals surface area contributed by atoms with Crippen LogP contribution >= 0.6 is 0 Å². The average Bonchev–Trinajstić information content (AvgIpc) is 2.83. The monoisotopic (exact) mass is 487 g/mol. The van der Waals surface area contributed by atoms with E-state index in [1.54, 1.807) is 43.4 Å². The molecule has 0 atom stereocenters. The quantitative estimate of drug-likeness (QED) is 0.383. The minimum Gasteiger partial charge on any atom is -0.497 e. The van der Waals surface area contributed by atoms with Crippen molar-refractivity contribution in [2.45, 2.75) is 17.9 Å². The van der Waals surface area contributed by atoms with Gasteiger partial charge in [0.25, 0.3) is 0 Å². The van der Waals surface area contributed by atoms with E-state index in [0.717, 1.165) is 41.1 Å². The number of carbonyl (C=O) groups is 1. The molecule has 3 rings (SSSR count). The summed E-state index contributed by atoms with van der Waals surface area (Å²) in [6.45, 7) is 1.11. The highest BCUT2D eigenvalue weighted by atomic mass is 32.2. The lowest BCUT2D eigenvalue weighted by atomic mass is 10.1. The first-order valence-corrected chi connectivity index (χ1v) is 11.9. The van der Waals surface area contributed by atoms with E-state index in [1.165, 1.54) is 12.1 Å².